The molecule has 0 aromatic carbocycles. The molecule has 19 heavy (non-hydrogen) atoms. The quantitative estimate of drug-likeness (QED) is 0.776. The predicted molar refractivity (Wildman–Crippen MR) is 73.6 cm³/mol. The summed E-state index contributed by atoms with van der Waals surface area (Å²) in [4.78, 5) is 11.6. The zero-order valence-electron chi connectivity index (χ0n) is 12.5. The number of hydrogen-bond donors (Lipinski definition) is 2. The molecule has 0 unspecified atom stereocenters. The minimum Gasteiger partial charge on any atom is -0.444 e. The number of carbonyl (C=O) groups excluding carboxylic acids is 1. The maximum absolute atomic E-state index is 11.6. The number of ether oxygens (including phenoxy) is 1. The molecule has 0 aromatic heterocycles. The lowest BCUT2D eigenvalue weighted by molar-refractivity contribution is 0.0499. The highest BCUT2D eigenvalue weighted by Gasteiger charge is 2.26. The molecule has 0 bridgehead atoms. The molecule has 7 heteroatoms. The average Bonchev–Trinajstić information content (AvgIpc) is 1.90. The van der Waals surface area contributed by atoms with Crippen molar-refractivity contribution >= 4 is 16.2 Å². The van der Waals surface area contributed by atoms with E-state index in [0.29, 0.717) is 6.42 Å². The van der Waals surface area contributed by atoms with Crippen LogP contribution < -0.4 is 5.32 Å². The fourth-order valence-corrected chi connectivity index (χ4v) is 2.33. The number of rotatable bonds is 4. The lowest BCUT2D eigenvalue weighted by atomic mass is 9.89. The topological polar surface area (TPSA) is 92.7 Å². The van der Waals surface area contributed by atoms with Gasteiger partial charge in [0.15, 0.2) is 0 Å². The van der Waals surface area contributed by atoms with Crippen LogP contribution in [0.3, 0.4) is 0 Å². The fourth-order valence-electron chi connectivity index (χ4n) is 1.62. The van der Waals surface area contributed by atoms with Crippen LogP contribution in [0.25, 0.3) is 0 Å². The van der Waals surface area contributed by atoms with Crippen molar-refractivity contribution in [2.75, 3.05) is 5.75 Å². The molecule has 114 valence electrons. The summed E-state index contributed by atoms with van der Waals surface area (Å²) in [5.74, 6) is -0.524. The Morgan fingerprint density at radius 3 is 2.00 bits per heavy atom. The third-order valence-corrected chi connectivity index (χ3v) is 2.82. The standard InChI is InChI=1S/C12H25NO5S/c1-11(2,3)7-9(8-19(15,16)17)13-10(14)18-12(4,5)6/h9H,7-8H2,1-6H3,(H,13,14)(H,15,16,17)/t9-/m0/s1. The summed E-state index contributed by atoms with van der Waals surface area (Å²) in [5, 5.41) is 2.49. The second kappa shape index (κ2) is 6.09. The van der Waals surface area contributed by atoms with E-state index >= 15 is 0 Å². The molecule has 0 spiro atoms. The first-order valence-electron chi connectivity index (χ1n) is 6.13. The number of alkyl carbamates (subject to hydrolysis) is 1. The van der Waals surface area contributed by atoms with Crippen LogP contribution in [0, 0.1) is 5.41 Å². The van der Waals surface area contributed by atoms with E-state index in [4.69, 9.17) is 9.29 Å². The van der Waals surface area contributed by atoms with Gasteiger partial charge in [0.25, 0.3) is 10.1 Å². The van der Waals surface area contributed by atoms with Gasteiger partial charge in [-0.05, 0) is 32.6 Å². The SMILES string of the molecule is CC(C)(C)C[C@@H](CS(=O)(=O)O)NC(=O)OC(C)(C)C. The Hall–Kier alpha value is -0.820. The van der Waals surface area contributed by atoms with Gasteiger partial charge in [-0.3, -0.25) is 4.55 Å². The van der Waals surface area contributed by atoms with Crippen LogP contribution in [0.4, 0.5) is 4.79 Å². The molecular formula is C12H25NO5S. The number of nitrogens with one attached hydrogen (secondary N) is 1. The number of hydrogen-bond acceptors (Lipinski definition) is 4. The second-order valence-electron chi connectivity index (χ2n) is 6.86. The van der Waals surface area contributed by atoms with Crippen molar-refractivity contribution in [2.45, 2.75) is 59.6 Å². The van der Waals surface area contributed by atoms with E-state index in [2.05, 4.69) is 5.32 Å². The van der Waals surface area contributed by atoms with Gasteiger partial charge in [0.1, 0.15) is 5.60 Å². The molecule has 0 aliphatic heterocycles. The Morgan fingerprint density at radius 2 is 1.68 bits per heavy atom. The number of carbonyl (C=O) groups is 1. The minimum atomic E-state index is -4.16. The second-order valence-corrected chi connectivity index (χ2v) is 8.35. The van der Waals surface area contributed by atoms with Crippen molar-refractivity contribution < 1.29 is 22.5 Å². The molecule has 0 aliphatic rings. The van der Waals surface area contributed by atoms with Gasteiger partial charge in [-0.25, -0.2) is 4.79 Å². The maximum Gasteiger partial charge on any atom is 0.407 e. The molecule has 0 saturated carbocycles. The van der Waals surface area contributed by atoms with Crippen molar-refractivity contribution in [3.63, 3.8) is 0 Å². The summed E-state index contributed by atoms with van der Waals surface area (Å²) in [7, 11) is -4.16. The van der Waals surface area contributed by atoms with Crippen molar-refractivity contribution in [3.8, 4) is 0 Å². The molecule has 0 aromatic rings. The van der Waals surface area contributed by atoms with E-state index in [1.165, 1.54) is 0 Å². The smallest absolute Gasteiger partial charge is 0.407 e. The normalized spacial score (nSPS) is 14.9. The number of amides is 1. The molecule has 2 N–H and O–H groups in total. The zero-order valence-corrected chi connectivity index (χ0v) is 13.3. The van der Waals surface area contributed by atoms with Gasteiger partial charge < -0.3 is 10.1 Å². The first-order valence-corrected chi connectivity index (χ1v) is 7.73. The third-order valence-electron chi connectivity index (χ3n) is 1.99. The first kappa shape index (κ1) is 18.2. The largest absolute Gasteiger partial charge is 0.444 e. The molecule has 0 saturated heterocycles. The zero-order chi connectivity index (χ0) is 15.5. The molecule has 0 fully saturated rings. The van der Waals surface area contributed by atoms with Gasteiger partial charge >= 0.3 is 6.09 Å². The van der Waals surface area contributed by atoms with Crippen LogP contribution in [0.2, 0.25) is 0 Å². The lowest BCUT2D eigenvalue weighted by Gasteiger charge is -2.27. The van der Waals surface area contributed by atoms with Crippen molar-refractivity contribution in [1.29, 1.82) is 0 Å². The van der Waals surface area contributed by atoms with E-state index in [-0.39, 0.29) is 5.41 Å². The highest BCUT2D eigenvalue weighted by Crippen LogP contribution is 2.21. The van der Waals surface area contributed by atoms with E-state index in [1.807, 2.05) is 20.8 Å². The monoisotopic (exact) mass is 295 g/mol. The average molecular weight is 295 g/mol. The summed E-state index contributed by atoms with van der Waals surface area (Å²) < 4.78 is 35.9. The van der Waals surface area contributed by atoms with Crippen LogP contribution >= 0.6 is 0 Å². The summed E-state index contributed by atoms with van der Waals surface area (Å²) in [6, 6.07) is -0.690. The van der Waals surface area contributed by atoms with Crippen molar-refractivity contribution in [3.05, 3.63) is 0 Å². The molecule has 1 atom stereocenters. The summed E-state index contributed by atoms with van der Waals surface area (Å²) in [5.41, 5.74) is -0.848. The fraction of sp³-hybridized carbons (Fsp3) is 0.917. The lowest BCUT2D eigenvalue weighted by Crippen LogP contribution is -2.44. The van der Waals surface area contributed by atoms with Gasteiger partial charge in [-0.15, -0.1) is 0 Å². The van der Waals surface area contributed by atoms with E-state index in [0.717, 1.165) is 0 Å². The molecule has 0 radical (unpaired) electrons. The van der Waals surface area contributed by atoms with Crippen LogP contribution in [0.15, 0.2) is 0 Å². The van der Waals surface area contributed by atoms with Crippen molar-refractivity contribution in [1.82, 2.24) is 5.32 Å². The van der Waals surface area contributed by atoms with Crippen LogP contribution in [-0.2, 0) is 14.9 Å². The molecule has 6 nitrogen and oxygen atoms in total. The Morgan fingerprint density at radius 1 is 1.21 bits per heavy atom. The molecule has 0 heterocycles. The highest BCUT2D eigenvalue weighted by atomic mass is 32.2. The Balaban J connectivity index is 4.72. The van der Waals surface area contributed by atoms with Gasteiger partial charge in [0.05, 0.1) is 5.75 Å². The maximum atomic E-state index is 11.6. The molecule has 1 amide bonds. The Kier molecular flexibility index (Phi) is 5.83. The van der Waals surface area contributed by atoms with Crippen LogP contribution in [-0.4, -0.2) is 36.5 Å². The van der Waals surface area contributed by atoms with Crippen LogP contribution in [0.5, 0.6) is 0 Å². The molecular weight excluding hydrogens is 270 g/mol. The third kappa shape index (κ3) is 12.0. The summed E-state index contributed by atoms with van der Waals surface area (Å²) in [6.07, 6.45) is -0.281. The van der Waals surface area contributed by atoms with Crippen LogP contribution in [0.1, 0.15) is 48.0 Å². The van der Waals surface area contributed by atoms with E-state index in [9.17, 15) is 13.2 Å². The van der Waals surface area contributed by atoms with Gasteiger partial charge in [0.2, 0.25) is 0 Å². The molecule has 0 aliphatic carbocycles. The predicted octanol–water partition coefficient (Wildman–Crippen LogP) is 2.20. The Bertz CT molecular complexity index is 403. The van der Waals surface area contributed by atoms with Gasteiger partial charge in [0, 0.05) is 6.04 Å². The Labute approximate surface area is 115 Å². The van der Waals surface area contributed by atoms with Gasteiger partial charge in [-0.2, -0.15) is 8.42 Å². The van der Waals surface area contributed by atoms with E-state index < -0.39 is 33.6 Å². The molecule has 0 rings (SSSR count). The minimum absolute atomic E-state index is 0.190. The van der Waals surface area contributed by atoms with Gasteiger partial charge in [-0.1, -0.05) is 20.8 Å². The first-order chi connectivity index (χ1) is 8.18. The van der Waals surface area contributed by atoms with E-state index in [1.54, 1.807) is 20.8 Å². The van der Waals surface area contributed by atoms with Crippen molar-refractivity contribution in [2.24, 2.45) is 5.41 Å². The summed E-state index contributed by atoms with van der Waals surface area (Å²) in [6.45, 7) is 10.9. The highest BCUT2D eigenvalue weighted by molar-refractivity contribution is 7.85. The summed E-state index contributed by atoms with van der Waals surface area (Å²) >= 11 is 0.